The van der Waals surface area contributed by atoms with Crippen LogP contribution in [0.25, 0.3) is 0 Å². The van der Waals surface area contributed by atoms with Gasteiger partial charge in [-0.2, -0.15) is 0 Å². The maximum Gasteiger partial charge on any atom is 0.253 e. The lowest BCUT2D eigenvalue weighted by molar-refractivity contribution is 0.0785. The summed E-state index contributed by atoms with van der Waals surface area (Å²) in [5.74, 6) is 0.470. The summed E-state index contributed by atoms with van der Waals surface area (Å²) in [4.78, 5) is 16.9. The molecule has 1 aromatic rings. The van der Waals surface area contributed by atoms with E-state index in [0.29, 0.717) is 23.0 Å². The van der Waals surface area contributed by atoms with Crippen molar-refractivity contribution in [2.45, 2.75) is 38.6 Å². The van der Waals surface area contributed by atoms with Crippen LogP contribution in [0.2, 0.25) is 5.02 Å². The van der Waals surface area contributed by atoms with E-state index in [-0.39, 0.29) is 11.9 Å². The molecule has 23 heavy (non-hydrogen) atoms. The van der Waals surface area contributed by atoms with Crippen molar-refractivity contribution in [3.8, 4) is 0 Å². The quantitative estimate of drug-likeness (QED) is 0.919. The Hall–Kier alpha value is -1.26. The average Bonchev–Trinajstić information content (AvgIpc) is 3.17. The van der Waals surface area contributed by atoms with Gasteiger partial charge in [0.1, 0.15) is 0 Å². The van der Waals surface area contributed by atoms with Crippen molar-refractivity contribution in [2.75, 3.05) is 31.1 Å². The maximum atomic E-state index is 12.7. The number of carbonyl (C=O) groups excluding carboxylic acids is 1. The molecule has 2 saturated heterocycles. The number of nitrogens with two attached hydrogens (primary N) is 1. The van der Waals surface area contributed by atoms with E-state index in [1.165, 1.54) is 12.8 Å². The minimum absolute atomic E-state index is 0.0499. The number of rotatable bonds is 4. The predicted molar refractivity (Wildman–Crippen MR) is 95.2 cm³/mol. The van der Waals surface area contributed by atoms with E-state index in [1.54, 1.807) is 0 Å². The Morgan fingerprint density at radius 3 is 2.70 bits per heavy atom. The third-order valence-electron chi connectivity index (χ3n) is 5.08. The highest BCUT2D eigenvalue weighted by atomic mass is 35.5. The molecule has 0 radical (unpaired) electrons. The fourth-order valence-electron chi connectivity index (χ4n) is 3.78. The summed E-state index contributed by atoms with van der Waals surface area (Å²) in [5.41, 5.74) is 7.89. The summed E-state index contributed by atoms with van der Waals surface area (Å²) in [5, 5.41) is 0.673. The molecule has 0 spiro atoms. The van der Waals surface area contributed by atoms with Gasteiger partial charge in [0.2, 0.25) is 0 Å². The number of likely N-dealkylation sites (tertiary alicyclic amines) is 1. The highest BCUT2D eigenvalue weighted by Gasteiger charge is 2.32. The monoisotopic (exact) mass is 335 g/mol. The Balaban J connectivity index is 1.71. The molecule has 2 unspecified atom stereocenters. The highest BCUT2D eigenvalue weighted by molar-refractivity contribution is 6.33. The van der Waals surface area contributed by atoms with Crippen LogP contribution < -0.4 is 10.6 Å². The highest BCUT2D eigenvalue weighted by Crippen LogP contribution is 2.30. The largest absolute Gasteiger partial charge is 0.370 e. The number of hydrogen-bond donors (Lipinski definition) is 1. The lowest BCUT2D eigenvalue weighted by Crippen LogP contribution is -2.32. The Labute approximate surface area is 143 Å². The van der Waals surface area contributed by atoms with Gasteiger partial charge in [0.15, 0.2) is 0 Å². The molecule has 0 aliphatic carbocycles. The first-order chi connectivity index (χ1) is 11.1. The zero-order valence-corrected chi connectivity index (χ0v) is 14.6. The normalized spacial score (nSPS) is 24.5. The zero-order chi connectivity index (χ0) is 16.4. The molecule has 0 bridgehead atoms. The van der Waals surface area contributed by atoms with Gasteiger partial charge >= 0.3 is 0 Å². The van der Waals surface area contributed by atoms with E-state index in [2.05, 4.69) is 11.8 Å². The summed E-state index contributed by atoms with van der Waals surface area (Å²) >= 11 is 6.43. The van der Waals surface area contributed by atoms with E-state index < -0.39 is 0 Å². The first-order valence-corrected chi connectivity index (χ1v) is 9.07. The number of nitrogens with zero attached hydrogens (tertiary/aromatic N) is 2. The summed E-state index contributed by atoms with van der Waals surface area (Å²) in [6.45, 7) is 5.67. The van der Waals surface area contributed by atoms with Gasteiger partial charge in [-0.3, -0.25) is 4.79 Å². The van der Waals surface area contributed by atoms with Gasteiger partial charge in [0, 0.05) is 37.8 Å². The van der Waals surface area contributed by atoms with Gasteiger partial charge in [-0.15, -0.1) is 0 Å². The molecule has 2 N–H and O–H groups in total. The van der Waals surface area contributed by atoms with Gasteiger partial charge in [0.25, 0.3) is 5.91 Å². The molecule has 5 heteroatoms. The number of halogens is 1. The lowest BCUT2D eigenvalue weighted by Gasteiger charge is -2.21. The number of amides is 1. The van der Waals surface area contributed by atoms with Crippen molar-refractivity contribution in [1.82, 2.24) is 4.90 Å². The van der Waals surface area contributed by atoms with Crippen LogP contribution in [0.3, 0.4) is 0 Å². The second kappa shape index (κ2) is 7.10. The number of hydrogen-bond acceptors (Lipinski definition) is 3. The van der Waals surface area contributed by atoms with Crippen LogP contribution in [0.5, 0.6) is 0 Å². The van der Waals surface area contributed by atoms with Crippen LogP contribution in [0.1, 0.15) is 43.0 Å². The standard InChI is InChI=1S/C18H26ClN3O/c1-2-5-14-11-22(12-16(14)20)18(23)13-6-7-17(15(19)10-13)21-8-3-4-9-21/h6-7,10,14,16H,2-5,8-9,11-12,20H2,1H3. The van der Waals surface area contributed by atoms with E-state index >= 15 is 0 Å². The SMILES string of the molecule is CCCC1CN(C(=O)c2ccc(N3CCCC3)c(Cl)c2)CC1N. The average molecular weight is 336 g/mol. The lowest BCUT2D eigenvalue weighted by atomic mass is 9.99. The van der Waals surface area contributed by atoms with E-state index in [0.717, 1.165) is 38.2 Å². The fraction of sp³-hybridized carbons (Fsp3) is 0.611. The van der Waals surface area contributed by atoms with Crippen LogP contribution in [0.15, 0.2) is 18.2 Å². The smallest absolute Gasteiger partial charge is 0.253 e. The summed E-state index contributed by atoms with van der Waals surface area (Å²) < 4.78 is 0. The molecule has 2 heterocycles. The molecule has 1 amide bonds. The number of benzene rings is 1. The van der Waals surface area contributed by atoms with Gasteiger partial charge in [-0.1, -0.05) is 24.9 Å². The van der Waals surface area contributed by atoms with Gasteiger partial charge < -0.3 is 15.5 Å². The number of anilines is 1. The molecule has 1 aromatic carbocycles. The summed E-state index contributed by atoms with van der Waals surface area (Å²) in [7, 11) is 0. The van der Waals surface area contributed by atoms with Crippen LogP contribution >= 0.6 is 11.6 Å². The van der Waals surface area contributed by atoms with E-state index in [9.17, 15) is 4.79 Å². The molecule has 2 aliphatic rings. The molecule has 3 rings (SSSR count). The van der Waals surface area contributed by atoms with Crippen molar-refractivity contribution in [2.24, 2.45) is 11.7 Å². The number of carbonyl (C=O) groups is 1. The molecule has 2 atom stereocenters. The Morgan fingerprint density at radius 2 is 2.04 bits per heavy atom. The molecule has 0 saturated carbocycles. The van der Waals surface area contributed by atoms with E-state index in [4.69, 9.17) is 17.3 Å². The Bertz CT molecular complexity index is 571. The third kappa shape index (κ3) is 3.48. The van der Waals surface area contributed by atoms with Gasteiger partial charge in [-0.05, 0) is 43.4 Å². The predicted octanol–water partition coefficient (Wildman–Crippen LogP) is 3.14. The van der Waals surface area contributed by atoms with Crippen LogP contribution in [-0.4, -0.2) is 43.0 Å². The molecule has 2 fully saturated rings. The molecule has 126 valence electrons. The first kappa shape index (κ1) is 16.6. The maximum absolute atomic E-state index is 12.7. The minimum Gasteiger partial charge on any atom is -0.370 e. The zero-order valence-electron chi connectivity index (χ0n) is 13.8. The second-order valence-corrected chi connectivity index (χ2v) is 7.19. The summed E-state index contributed by atoms with van der Waals surface area (Å²) in [6.07, 6.45) is 4.61. The topological polar surface area (TPSA) is 49.6 Å². The second-order valence-electron chi connectivity index (χ2n) is 6.78. The van der Waals surface area contributed by atoms with E-state index in [1.807, 2.05) is 23.1 Å². The van der Waals surface area contributed by atoms with Gasteiger partial charge in [-0.25, -0.2) is 0 Å². The minimum atomic E-state index is 0.0499. The van der Waals surface area contributed by atoms with Gasteiger partial charge in [0.05, 0.1) is 10.7 Å². The van der Waals surface area contributed by atoms with Crippen LogP contribution in [-0.2, 0) is 0 Å². The summed E-state index contributed by atoms with van der Waals surface area (Å²) in [6, 6.07) is 5.80. The molecule has 4 nitrogen and oxygen atoms in total. The van der Waals surface area contributed by atoms with Crippen molar-refractivity contribution < 1.29 is 4.79 Å². The molecular weight excluding hydrogens is 310 g/mol. The molecule has 2 aliphatic heterocycles. The first-order valence-electron chi connectivity index (χ1n) is 8.69. The fourth-order valence-corrected chi connectivity index (χ4v) is 4.08. The van der Waals surface area contributed by atoms with Crippen molar-refractivity contribution in [3.63, 3.8) is 0 Å². The molecular formula is C18H26ClN3O. The Kier molecular flexibility index (Phi) is 5.12. The van der Waals surface area contributed by atoms with Crippen molar-refractivity contribution in [1.29, 1.82) is 0 Å². The third-order valence-corrected chi connectivity index (χ3v) is 5.38. The van der Waals surface area contributed by atoms with Crippen LogP contribution in [0.4, 0.5) is 5.69 Å². The molecule has 0 aromatic heterocycles. The Morgan fingerprint density at radius 1 is 1.30 bits per heavy atom. The van der Waals surface area contributed by atoms with Crippen LogP contribution in [0, 0.1) is 5.92 Å². The van der Waals surface area contributed by atoms with Crippen molar-refractivity contribution >= 4 is 23.2 Å². The van der Waals surface area contributed by atoms with Crippen molar-refractivity contribution in [3.05, 3.63) is 28.8 Å².